The molecule has 2 aromatic carbocycles. The summed E-state index contributed by atoms with van der Waals surface area (Å²) in [5, 5.41) is 3.64. The molecule has 6 heteroatoms. The van der Waals surface area contributed by atoms with Crippen LogP contribution in [0.15, 0.2) is 54.6 Å². The van der Waals surface area contributed by atoms with E-state index < -0.39 is 6.10 Å². The number of nitrogens with one attached hydrogen (secondary N) is 1. The molecule has 0 aliphatic carbocycles. The largest absolute Gasteiger partial charge is 0.481 e. The van der Waals surface area contributed by atoms with Gasteiger partial charge in [-0.25, -0.2) is 0 Å². The molecule has 1 N–H and O–H groups in total. The molecule has 0 radical (unpaired) electrons. The highest BCUT2D eigenvalue weighted by Gasteiger charge is 2.26. The first kappa shape index (κ1) is 21.6. The lowest BCUT2D eigenvalue weighted by Crippen LogP contribution is -2.47. The zero-order valence-electron chi connectivity index (χ0n) is 17.2. The second-order valence-corrected chi connectivity index (χ2v) is 8.02. The molecule has 1 aliphatic heterocycles. The van der Waals surface area contributed by atoms with Crippen molar-refractivity contribution in [3.05, 3.63) is 65.2 Å². The molecule has 1 saturated heterocycles. The number of hydrogen-bond donors (Lipinski definition) is 1. The summed E-state index contributed by atoms with van der Waals surface area (Å²) in [4.78, 5) is 17.2. The average molecular weight is 416 g/mol. The molecular weight excluding hydrogens is 386 g/mol. The van der Waals surface area contributed by atoms with E-state index in [1.165, 1.54) is 5.56 Å². The van der Waals surface area contributed by atoms with E-state index in [4.69, 9.17) is 16.3 Å². The highest BCUT2D eigenvalue weighted by Crippen LogP contribution is 2.24. The van der Waals surface area contributed by atoms with Crippen molar-refractivity contribution < 1.29 is 9.53 Å². The summed E-state index contributed by atoms with van der Waals surface area (Å²) in [6.07, 6.45) is 0.365. The van der Waals surface area contributed by atoms with E-state index in [1.807, 2.05) is 0 Å². The lowest BCUT2D eigenvalue weighted by molar-refractivity contribution is -0.127. The summed E-state index contributed by atoms with van der Waals surface area (Å²) in [5.41, 5.74) is 1.35. The number of carbonyl (C=O) groups is 1. The molecule has 3 rings (SSSR count). The first-order chi connectivity index (χ1) is 14.0. The van der Waals surface area contributed by atoms with Crippen LogP contribution in [0.3, 0.4) is 0 Å². The molecule has 0 bridgehead atoms. The quantitative estimate of drug-likeness (QED) is 0.669. The van der Waals surface area contributed by atoms with Gasteiger partial charge in [-0.3, -0.25) is 9.69 Å². The predicted molar refractivity (Wildman–Crippen MR) is 117 cm³/mol. The molecule has 2 aromatic rings. The van der Waals surface area contributed by atoms with Crippen molar-refractivity contribution in [1.82, 2.24) is 15.1 Å². The molecule has 0 spiro atoms. The Bertz CT molecular complexity index is 769. The fourth-order valence-corrected chi connectivity index (χ4v) is 3.75. The number of nitrogens with zero attached hydrogens (tertiary/aromatic N) is 2. The summed E-state index contributed by atoms with van der Waals surface area (Å²) < 4.78 is 5.68. The average Bonchev–Trinajstić information content (AvgIpc) is 2.74. The molecule has 5 nitrogen and oxygen atoms in total. The first-order valence-corrected chi connectivity index (χ1v) is 10.6. The Hall–Kier alpha value is -2.08. The highest BCUT2D eigenvalue weighted by molar-refractivity contribution is 6.30. The monoisotopic (exact) mass is 415 g/mol. The van der Waals surface area contributed by atoms with Crippen LogP contribution in [0.5, 0.6) is 5.75 Å². The van der Waals surface area contributed by atoms with Crippen molar-refractivity contribution in [3.63, 3.8) is 0 Å². The SMILES string of the molecule is CC(Oc1ccc(Cl)cc1)C(=O)NCCCN1CCN(C)CC1c1ccccc1. The van der Waals surface area contributed by atoms with E-state index in [-0.39, 0.29) is 5.91 Å². The number of benzene rings is 2. The van der Waals surface area contributed by atoms with E-state index in [0.29, 0.717) is 23.4 Å². The maximum Gasteiger partial charge on any atom is 0.260 e. The van der Waals surface area contributed by atoms with Crippen LogP contribution in [-0.4, -0.2) is 61.6 Å². The van der Waals surface area contributed by atoms with Crippen LogP contribution in [0, 0.1) is 0 Å². The molecule has 1 amide bonds. The fraction of sp³-hybridized carbons (Fsp3) is 0.435. The van der Waals surface area contributed by atoms with Gasteiger partial charge in [0, 0.05) is 43.8 Å². The third kappa shape index (κ3) is 6.46. The molecular formula is C23H30ClN3O2. The van der Waals surface area contributed by atoms with Gasteiger partial charge < -0.3 is 15.0 Å². The van der Waals surface area contributed by atoms with Crippen LogP contribution < -0.4 is 10.1 Å². The van der Waals surface area contributed by atoms with E-state index >= 15 is 0 Å². The molecule has 1 heterocycles. The minimum atomic E-state index is -0.545. The molecule has 29 heavy (non-hydrogen) atoms. The fourth-order valence-electron chi connectivity index (χ4n) is 3.62. The Morgan fingerprint density at radius 3 is 2.62 bits per heavy atom. The number of carbonyl (C=O) groups excluding carboxylic acids is 1. The Morgan fingerprint density at radius 2 is 1.90 bits per heavy atom. The van der Waals surface area contributed by atoms with E-state index in [2.05, 4.69) is 52.5 Å². The standard InChI is InChI=1S/C23H30ClN3O2/c1-18(29-21-11-9-20(24)10-12-21)23(28)25-13-6-14-27-16-15-26(2)17-22(27)19-7-4-3-5-8-19/h3-5,7-12,18,22H,6,13-17H2,1-2H3,(H,25,28). The van der Waals surface area contributed by atoms with Crippen LogP contribution >= 0.6 is 11.6 Å². The first-order valence-electron chi connectivity index (χ1n) is 10.2. The van der Waals surface area contributed by atoms with E-state index in [0.717, 1.165) is 32.6 Å². The van der Waals surface area contributed by atoms with Crippen molar-refractivity contribution >= 4 is 17.5 Å². The van der Waals surface area contributed by atoms with Gasteiger partial charge in [0.1, 0.15) is 5.75 Å². The third-order valence-corrected chi connectivity index (χ3v) is 5.55. The lowest BCUT2D eigenvalue weighted by atomic mass is 10.0. The lowest BCUT2D eigenvalue weighted by Gasteiger charge is -2.40. The highest BCUT2D eigenvalue weighted by atomic mass is 35.5. The van der Waals surface area contributed by atoms with Crippen molar-refractivity contribution in [2.24, 2.45) is 0 Å². The predicted octanol–water partition coefficient (Wildman–Crippen LogP) is 3.60. The second-order valence-electron chi connectivity index (χ2n) is 7.58. The zero-order valence-corrected chi connectivity index (χ0v) is 17.9. The number of likely N-dealkylation sites (N-methyl/N-ethyl adjacent to an activating group) is 1. The Labute approximate surface area is 178 Å². The number of rotatable bonds is 8. The normalized spacial score (nSPS) is 18.9. The summed E-state index contributed by atoms with van der Waals surface area (Å²) in [7, 11) is 2.18. The Kier molecular flexibility index (Phi) is 7.92. The van der Waals surface area contributed by atoms with Crippen LogP contribution in [-0.2, 0) is 4.79 Å². The van der Waals surface area contributed by atoms with Crippen molar-refractivity contribution in [2.75, 3.05) is 39.8 Å². The maximum absolute atomic E-state index is 12.3. The summed E-state index contributed by atoms with van der Waals surface area (Å²) >= 11 is 5.88. The van der Waals surface area contributed by atoms with Crippen LogP contribution in [0.2, 0.25) is 5.02 Å². The van der Waals surface area contributed by atoms with Gasteiger partial charge in [0.05, 0.1) is 0 Å². The molecule has 156 valence electrons. The van der Waals surface area contributed by atoms with Gasteiger partial charge in [0.15, 0.2) is 6.10 Å². The molecule has 1 aliphatic rings. The van der Waals surface area contributed by atoms with Crippen molar-refractivity contribution in [3.8, 4) is 5.75 Å². The van der Waals surface area contributed by atoms with Gasteiger partial charge in [0.2, 0.25) is 0 Å². The van der Waals surface area contributed by atoms with Gasteiger partial charge >= 0.3 is 0 Å². The summed E-state index contributed by atoms with van der Waals surface area (Å²) in [6.45, 7) is 6.50. The van der Waals surface area contributed by atoms with Gasteiger partial charge in [0.25, 0.3) is 5.91 Å². The number of amides is 1. The van der Waals surface area contributed by atoms with Crippen LogP contribution in [0.4, 0.5) is 0 Å². The summed E-state index contributed by atoms with van der Waals surface area (Å²) in [6, 6.07) is 18.1. The number of halogens is 1. The molecule has 0 aromatic heterocycles. The zero-order chi connectivity index (χ0) is 20.6. The van der Waals surface area contributed by atoms with Gasteiger partial charge in [-0.15, -0.1) is 0 Å². The Balaban J connectivity index is 1.43. The van der Waals surface area contributed by atoms with E-state index in [1.54, 1.807) is 31.2 Å². The van der Waals surface area contributed by atoms with Gasteiger partial charge in [-0.1, -0.05) is 41.9 Å². The minimum Gasteiger partial charge on any atom is -0.481 e. The number of ether oxygens (including phenoxy) is 1. The Morgan fingerprint density at radius 1 is 1.17 bits per heavy atom. The van der Waals surface area contributed by atoms with E-state index in [9.17, 15) is 4.79 Å². The third-order valence-electron chi connectivity index (χ3n) is 5.30. The maximum atomic E-state index is 12.3. The van der Waals surface area contributed by atoms with Crippen LogP contribution in [0.1, 0.15) is 24.9 Å². The summed E-state index contributed by atoms with van der Waals surface area (Å²) in [5.74, 6) is 0.540. The number of hydrogen-bond acceptors (Lipinski definition) is 4. The molecule has 2 unspecified atom stereocenters. The van der Waals surface area contributed by atoms with Gasteiger partial charge in [-0.2, -0.15) is 0 Å². The molecule has 0 saturated carbocycles. The minimum absolute atomic E-state index is 0.0991. The number of piperazine rings is 1. The van der Waals surface area contributed by atoms with Crippen molar-refractivity contribution in [2.45, 2.75) is 25.5 Å². The van der Waals surface area contributed by atoms with Gasteiger partial charge in [-0.05, 0) is 50.2 Å². The van der Waals surface area contributed by atoms with Crippen molar-refractivity contribution in [1.29, 1.82) is 0 Å². The second kappa shape index (κ2) is 10.6. The van der Waals surface area contributed by atoms with Crippen LogP contribution in [0.25, 0.3) is 0 Å². The smallest absolute Gasteiger partial charge is 0.260 e. The topological polar surface area (TPSA) is 44.8 Å². The molecule has 2 atom stereocenters. The molecule has 1 fully saturated rings.